The molecule has 1 rings (SSSR count). The fourth-order valence-electron chi connectivity index (χ4n) is 0.676. The summed E-state index contributed by atoms with van der Waals surface area (Å²) in [7, 11) is 0. The molecule has 0 fully saturated rings. The molecule has 1 heterocycles. The third kappa shape index (κ3) is 2.72. The van der Waals surface area contributed by atoms with Crippen molar-refractivity contribution < 1.29 is 22.3 Å². The number of aromatic amines is 1. The zero-order valence-corrected chi connectivity index (χ0v) is 7.87. The van der Waals surface area contributed by atoms with Gasteiger partial charge in [0.15, 0.2) is 5.82 Å². The number of rotatable bonds is 1. The maximum absolute atomic E-state index is 12.9. The fourth-order valence-corrected chi connectivity index (χ4v) is 1.06. The number of hydrogen-bond donors (Lipinski definition) is 1. The van der Waals surface area contributed by atoms with Crippen LogP contribution in [0.15, 0.2) is 15.3 Å². The van der Waals surface area contributed by atoms with E-state index in [0.29, 0.717) is 0 Å². The Labute approximate surface area is 82.8 Å². The van der Waals surface area contributed by atoms with Crippen molar-refractivity contribution in [1.29, 1.82) is 0 Å². The zero-order chi connectivity index (χ0) is 10.9. The van der Waals surface area contributed by atoms with Gasteiger partial charge in [0.05, 0.1) is 4.47 Å². The normalized spacial score (nSPS) is 11.5. The van der Waals surface area contributed by atoms with Gasteiger partial charge in [-0.3, -0.25) is 9.78 Å². The Kier molecular flexibility index (Phi) is 2.84. The van der Waals surface area contributed by atoms with Gasteiger partial charge in [0.1, 0.15) is 0 Å². The van der Waals surface area contributed by atoms with Gasteiger partial charge in [-0.25, -0.2) is 0 Å². The molecule has 14 heavy (non-hydrogen) atoms. The van der Waals surface area contributed by atoms with Gasteiger partial charge in [-0.05, 0) is 15.9 Å². The highest BCUT2D eigenvalue weighted by Crippen LogP contribution is 2.25. The number of hydrogen-bond acceptors (Lipinski definition) is 2. The Balaban J connectivity index is 3.15. The molecule has 0 amide bonds. The Hall–Kier alpha value is -1.05. The van der Waals surface area contributed by atoms with Gasteiger partial charge >= 0.3 is 6.36 Å². The van der Waals surface area contributed by atoms with Crippen LogP contribution in [0.5, 0.6) is 5.88 Å². The SMILES string of the molecule is O=c1cc(Br)c(F)c(OC(F)(F)F)[nH]1. The van der Waals surface area contributed by atoms with E-state index < -0.39 is 28.1 Å². The van der Waals surface area contributed by atoms with Gasteiger partial charge in [0.25, 0.3) is 5.56 Å². The average Bonchev–Trinajstić information content (AvgIpc) is 1.96. The van der Waals surface area contributed by atoms with Crippen LogP contribution in [0.2, 0.25) is 0 Å². The lowest BCUT2D eigenvalue weighted by molar-refractivity contribution is -0.277. The Morgan fingerprint density at radius 1 is 1.43 bits per heavy atom. The van der Waals surface area contributed by atoms with Crippen LogP contribution in [0.1, 0.15) is 0 Å². The summed E-state index contributed by atoms with van der Waals surface area (Å²) in [5.41, 5.74) is -0.905. The summed E-state index contributed by atoms with van der Waals surface area (Å²) in [6, 6.07) is 0.749. The number of H-pyrrole nitrogens is 1. The van der Waals surface area contributed by atoms with Crippen molar-refractivity contribution in [3.05, 3.63) is 26.7 Å². The molecule has 0 aliphatic heterocycles. The van der Waals surface area contributed by atoms with E-state index in [4.69, 9.17) is 0 Å². The lowest BCUT2D eigenvalue weighted by Gasteiger charge is -2.08. The minimum Gasteiger partial charge on any atom is -0.387 e. The Morgan fingerprint density at radius 3 is 2.50 bits per heavy atom. The molecular formula is C6H2BrF4NO2. The Morgan fingerprint density at radius 2 is 2.00 bits per heavy atom. The van der Waals surface area contributed by atoms with E-state index in [0.717, 1.165) is 6.07 Å². The molecule has 3 nitrogen and oxygen atoms in total. The van der Waals surface area contributed by atoms with Gasteiger partial charge in [0.2, 0.25) is 5.88 Å². The molecule has 1 aromatic heterocycles. The molecule has 78 valence electrons. The standard InChI is InChI=1S/C6H2BrF4NO2/c7-2-1-3(13)12-5(4(2)8)14-6(9,10)11/h1H,(H,12,13). The van der Waals surface area contributed by atoms with Crippen molar-refractivity contribution in [2.45, 2.75) is 6.36 Å². The number of nitrogens with one attached hydrogen (secondary N) is 1. The van der Waals surface area contributed by atoms with Crippen molar-refractivity contribution in [3.8, 4) is 5.88 Å². The summed E-state index contributed by atoms with van der Waals surface area (Å²) in [5.74, 6) is -2.58. The third-order valence-corrected chi connectivity index (χ3v) is 1.70. The largest absolute Gasteiger partial charge is 0.574 e. The van der Waals surface area contributed by atoms with Crippen LogP contribution in [-0.4, -0.2) is 11.3 Å². The van der Waals surface area contributed by atoms with Crippen LogP contribution in [0.3, 0.4) is 0 Å². The van der Waals surface area contributed by atoms with Gasteiger partial charge in [-0.1, -0.05) is 0 Å². The molecule has 0 unspecified atom stereocenters. The van der Waals surface area contributed by atoms with E-state index in [1.165, 1.54) is 0 Å². The third-order valence-electron chi connectivity index (χ3n) is 1.12. The second-order valence-electron chi connectivity index (χ2n) is 2.17. The number of alkyl halides is 3. The van der Waals surface area contributed by atoms with E-state index >= 15 is 0 Å². The molecule has 0 atom stereocenters. The van der Waals surface area contributed by atoms with Crippen molar-refractivity contribution >= 4 is 15.9 Å². The van der Waals surface area contributed by atoms with Crippen molar-refractivity contribution in [2.75, 3.05) is 0 Å². The number of ether oxygens (including phenoxy) is 1. The topological polar surface area (TPSA) is 42.1 Å². The van der Waals surface area contributed by atoms with Gasteiger partial charge < -0.3 is 4.74 Å². The van der Waals surface area contributed by atoms with Crippen LogP contribution < -0.4 is 10.3 Å². The molecule has 0 aliphatic carbocycles. The first-order valence-electron chi connectivity index (χ1n) is 3.13. The molecule has 0 saturated carbocycles. The molecule has 8 heteroatoms. The van der Waals surface area contributed by atoms with E-state index in [-0.39, 0.29) is 0 Å². The minimum atomic E-state index is -5.05. The molecule has 1 aromatic rings. The molecule has 0 aliphatic rings. The summed E-state index contributed by atoms with van der Waals surface area (Å²) in [5, 5.41) is 0. The van der Waals surface area contributed by atoms with Crippen LogP contribution in [0.4, 0.5) is 17.6 Å². The van der Waals surface area contributed by atoms with E-state index in [1.807, 2.05) is 0 Å². The second-order valence-corrected chi connectivity index (χ2v) is 3.03. The maximum Gasteiger partial charge on any atom is 0.574 e. The highest BCUT2D eigenvalue weighted by Gasteiger charge is 2.33. The van der Waals surface area contributed by atoms with Crippen LogP contribution in [0, 0.1) is 5.82 Å². The summed E-state index contributed by atoms with van der Waals surface area (Å²) in [6.07, 6.45) is -5.05. The smallest absolute Gasteiger partial charge is 0.387 e. The first kappa shape index (κ1) is 11.0. The minimum absolute atomic E-state index is 0.402. The number of aromatic nitrogens is 1. The van der Waals surface area contributed by atoms with E-state index in [2.05, 4.69) is 20.7 Å². The van der Waals surface area contributed by atoms with E-state index in [9.17, 15) is 22.4 Å². The maximum atomic E-state index is 12.9. The lowest BCUT2D eigenvalue weighted by atomic mass is 10.4. The first-order chi connectivity index (χ1) is 6.29. The molecule has 0 aromatic carbocycles. The van der Waals surface area contributed by atoms with Crippen molar-refractivity contribution in [1.82, 2.24) is 4.98 Å². The first-order valence-corrected chi connectivity index (χ1v) is 3.93. The zero-order valence-electron chi connectivity index (χ0n) is 6.28. The van der Waals surface area contributed by atoms with E-state index in [1.54, 1.807) is 4.98 Å². The summed E-state index contributed by atoms with van der Waals surface area (Å²) < 4.78 is 50.7. The predicted molar refractivity (Wildman–Crippen MR) is 41.4 cm³/mol. The van der Waals surface area contributed by atoms with Gasteiger partial charge in [0, 0.05) is 6.07 Å². The molecule has 1 N–H and O–H groups in total. The Bertz CT molecular complexity index is 400. The van der Waals surface area contributed by atoms with Crippen LogP contribution in [0.25, 0.3) is 0 Å². The molecular weight excluding hydrogens is 274 g/mol. The fraction of sp³-hybridized carbons (Fsp3) is 0.167. The molecule has 0 saturated heterocycles. The summed E-state index contributed by atoms with van der Waals surface area (Å²) >= 11 is 2.56. The number of halogens is 5. The van der Waals surface area contributed by atoms with Crippen LogP contribution in [-0.2, 0) is 0 Å². The van der Waals surface area contributed by atoms with Crippen molar-refractivity contribution in [2.24, 2.45) is 0 Å². The van der Waals surface area contributed by atoms with Crippen molar-refractivity contribution in [3.63, 3.8) is 0 Å². The highest BCUT2D eigenvalue weighted by atomic mass is 79.9. The summed E-state index contributed by atoms with van der Waals surface area (Å²) in [6.45, 7) is 0. The summed E-state index contributed by atoms with van der Waals surface area (Å²) in [4.78, 5) is 12.2. The predicted octanol–water partition coefficient (Wildman–Crippen LogP) is 2.18. The van der Waals surface area contributed by atoms with Gasteiger partial charge in [-0.15, -0.1) is 13.2 Å². The number of pyridine rings is 1. The second kappa shape index (κ2) is 3.60. The quantitative estimate of drug-likeness (QED) is 0.799. The molecule has 0 radical (unpaired) electrons. The lowest BCUT2D eigenvalue weighted by Crippen LogP contribution is -2.21. The molecule has 0 spiro atoms. The average molecular weight is 276 g/mol. The highest BCUT2D eigenvalue weighted by molar-refractivity contribution is 9.10. The molecule has 0 bridgehead atoms. The van der Waals surface area contributed by atoms with Gasteiger partial charge in [-0.2, -0.15) is 4.39 Å². The van der Waals surface area contributed by atoms with Crippen LogP contribution >= 0.6 is 15.9 Å². The monoisotopic (exact) mass is 275 g/mol.